The minimum Gasteiger partial charge on any atom is -0.383 e. The summed E-state index contributed by atoms with van der Waals surface area (Å²) in [6.07, 6.45) is 0. The van der Waals surface area contributed by atoms with E-state index in [-0.39, 0.29) is 11.9 Å². The van der Waals surface area contributed by atoms with Gasteiger partial charge in [-0.25, -0.2) is 4.98 Å². The summed E-state index contributed by atoms with van der Waals surface area (Å²) in [5.74, 6) is 0.332. The van der Waals surface area contributed by atoms with Gasteiger partial charge in [0.2, 0.25) is 5.91 Å². The number of aromatic nitrogens is 1. The Labute approximate surface area is 130 Å². The molecule has 1 aromatic heterocycles. The molecule has 1 aromatic carbocycles. The topological polar surface area (TPSA) is 51.2 Å². The summed E-state index contributed by atoms with van der Waals surface area (Å²) >= 11 is 8.92. The third-order valence-corrected chi connectivity index (χ3v) is 4.90. The Morgan fingerprint density at radius 1 is 1.60 bits per heavy atom. The number of amides is 1. The molecule has 0 saturated heterocycles. The molecule has 0 bridgehead atoms. The monoisotopic (exact) mass is 330 g/mol. The van der Waals surface area contributed by atoms with Gasteiger partial charge in [0.05, 0.1) is 22.6 Å². The summed E-state index contributed by atoms with van der Waals surface area (Å²) in [6, 6.07) is 5.64. The molecule has 0 radical (unpaired) electrons. The van der Waals surface area contributed by atoms with Crippen molar-refractivity contribution in [2.45, 2.75) is 17.3 Å². The number of nitrogens with zero attached hydrogens (tertiary/aromatic N) is 1. The molecule has 0 unspecified atom stereocenters. The van der Waals surface area contributed by atoms with E-state index in [4.69, 9.17) is 16.3 Å². The number of carbonyl (C=O) groups is 1. The second kappa shape index (κ2) is 7.26. The van der Waals surface area contributed by atoms with Crippen LogP contribution in [-0.4, -0.2) is 36.4 Å². The average Bonchev–Trinajstić information content (AvgIpc) is 2.78. The van der Waals surface area contributed by atoms with Gasteiger partial charge in [-0.1, -0.05) is 23.4 Å². The normalized spacial score (nSPS) is 12.6. The van der Waals surface area contributed by atoms with Crippen LogP contribution in [0.25, 0.3) is 10.2 Å². The fourth-order valence-electron chi connectivity index (χ4n) is 1.68. The summed E-state index contributed by atoms with van der Waals surface area (Å²) in [7, 11) is 1.61. The molecule has 1 N–H and O–H groups in total. The SMILES string of the molecule is COC[C@H](C)NC(=O)CSc1nc2cc(Cl)ccc2s1. The van der Waals surface area contributed by atoms with E-state index < -0.39 is 0 Å². The van der Waals surface area contributed by atoms with Crippen molar-refractivity contribution < 1.29 is 9.53 Å². The highest BCUT2D eigenvalue weighted by Gasteiger charge is 2.10. The minimum atomic E-state index is -0.0168. The standard InChI is InChI=1S/C13H15ClN2O2S2/c1-8(6-18-2)15-12(17)7-19-13-16-10-5-9(14)3-4-11(10)20-13/h3-5,8H,6-7H2,1-2H3,(H,15,17)/t8-/m0/s1. The number of benzene rings is 1. The number of ether oxygens (including phenoxy) is 1. The Balaban J connectivity index is 1.90. The molecule has 20 heavy (non-hydrogen) atoms. The summed E-state index contributed by atoms with van der Waals surface area (Å²) in [6.45, 7) is 2.42. The van der Waals surface area contributed by atoms with Gasteiger partial charge in [-0.2, -0.15) is 0 Å². The summed E-state index contributed by atoms with van der Waals surface area (Å²) in [5, 5.41) is 3.54. The minimum absolute atomic E-state index is 0.0160. The lowest BCUT2D eigenvalue weighted by atomic mass is 10.3. The Bertz CT molecular complexity index is 603. The van der Waals surface area contributed by atoms with Crippen LogP contribution < -0.4 is 5.32 Å². The quantitative estimate of drug-likeness (QED) is 0.826. The number of hydrogen-bond acceptors (Lipinski definition) is 5. The molecule has 0 aliphatic carbocycles. The van der Waals surface area contributed by atoms with Crippen molar-refractivity contribution in [3.63, 3.8) is 0 Å². The second-order valence-corrected chi connectivity index (χ2v) is 6.99. The van der Waals surface area contributed by atoms with Gasteiger partial charge in [0, 0.05) is 18.2 Å². The van der Waals surface area contributed by atoms with E-state index in [0.29, 0.717) is 17.4 Å². The molecule has 4 nitrogen and oxygen atoms in total. The summed E-state index contributed by atoms with van der Waals surface area (Å²) < 4.78 is 6.92. The molecule has 2 aromatic rings. The van der Waals surface area contributed by atoms with E-state index in [1.165, 1.54) is 11.8 Å². The van der Waals surface area contributed by atoms with Crippen LogP contribution in [0.3, 0.4) is 0 Å². The van der Waals surface area contributed by atoms with E-state index in [1.807, 2.05) is 25.1 Å². The van der Waals surface area contributed by atoms with Crippen LogP contribution in [0.4, 0.5) is 0 Å². The van der Waals surface area contributed by atoms with Crippen molar-refractivity contribution in [1.82, 2.24) is 10.3 Å². The first kappa shape index (κ1) is 15.6. The van der Waals surface area contributed by atoms with Gasteiger partial charge in [-0.15, -0.1) is 11.3 Å². The third-order valence-electron chi connectivity index (χ3n) is 2.48. The number of hydrogen-bond donors (Lipinski definition) is 1. The van der Waals surface area contributed by atoms with Gasteiger partial charge in [0.1, 0.15) is 0 Å². The fraction of sp³-hybridized carbons (Fsp3) is 0.385. The Morgan fingerprint density at radius 3 is 3.15 bits per heavy atom. The van der Waals surface area contributed by atoms with E-state index in [2.05, 4.69) is 10.3 Å². The number of carbonyl (C=O) groups excluding carboxylic acids is 1. The number of thiazole rings is 1. The van der Waals surface area contributed by atoms with Crippen LogP contribution in [0.1, 0.15) is 6.92 Å². The highest BCUT2D eigenvalue weighted by molar-refractivity contribution is 8.01. The molecule has 2 rings (SSSR count). The molecule has 1 heterocycles. The lowest BCUT2D eigenvalue weighted by Crippen LogP contribution is -2.36. The van der Waals surface area contributed by atoms with Gasteiger partial charge in [-0.05, 0) is 25.1 Å². The van der Waals surface area contributed by atoms with Crippen molar-refractivity contribution in [2.75, 3.05) is 19.5 Å². The number of halogens is 1. The average molecular weight is 331 g/mol. The number of methoxy groups -OCH3 is 1. The highest BCUT2D eigenvalue weighted by Crippen LogP contribution is 2.30. The molecule has 1 amide bonds. The first-order valence-electron chi connectivity index (χ1n) is 6.05. The van der Waals surface area contributed by atoms with E-state index in [1.54, 1.807) is 18.4 Å². The van der Waals surface area contributed by atoms with Crippen molar-refractivity contribution in [3.05, 3.63) is 23.2 Å². The smallest absolute Gasteiger partial charge is 0.230 e. The number of rotatable bonds is 6. The van der Waals surface area contributed by atoms with E-state index in [0.717, 1.165) is 14.6 Å². The maximum absolute atomic E-state index is 11.7. The van der Waals surface area contributed by atoms with Crippen molar-refractivity contribution in [2.24, 2.45) is 0 Å². The maximum Gasteiger partial charge on any atom is 0.230 e. The lowest BCUT2D eigenvalue weighted by molar-refractivity contribution is -0.119. The van der Waals surface area contributed by atoms with Gasteiger partial charge in [-0.3, -0.25) is 4.79 Å². The van der Waals surface area contributed by atoms with Crippen molar-refractivity contribution in [1.29, 1.82) is 0 Å². The lowest BCUT2D eigenvalue weighted by Gasteiger charge is -2.11. The van der Waals surface area contributed by atoms with Crippen LogP contribution >= 0.6 is 34.7 Å². The molecular weight excluding hydrogens is 316 g/mol. The van der Waals surface area contributed by atoms with Gasteiger partial charge in [0.15, 0.2) is 4.34 Å². The Hall–Kier alpha value is -0.820. The molecule has 0 spiro atoms. The largest absolute Gasteiger partial charge is 0.383 e. The molecule has 1 atom stereocenters. The molecular formula is C13H15ClN2O2S2. The predicted octanol–water partition coefficient (Wildman–Crippen LogP) is 3.19. The molecule has 0 saturated carbocycles. The number of thioether (sulfide) groups is 1. The van der Waals surface area contributed by atoms with Gasteiger partial charge >= 0.3 is 0 Å². The zero-order chi connectivity index (χ0) is 14.5. The van der Waals surface area contributed by atoms with Gasteiger partial charge < -0.3 is 10.1 Å². The Morgan fingerprint density at radius 2 is 2.40 bits per heavy atom. The van der Waals surface area contributed by atoms with Crippen LogP contribution in [-0.2, 0) is 9.53 Å². The zero-order valence-corrected chi connectivity index (χ0v) is 13.6. The fourth-order valence-corrected chi connectivity index (χ4v) is 3.70. The summed E-state index contributed by atoms with van der Waals surface area (Å²) in [4.78, 5) is 16.2. The summed E-state index contributed by atoms with van der Waals surface area (Å²) in [5.41, 5.74) is 0.873. The molecule has 108 valence electrons. The van der Waals surface area contributed by atoms with Crippen LogP contribution in [0.2, 0.25) is 5.02 Å². The molecule has 0 aliphatic heterocycles. The van der Waals surface area contributed by atoms with Crippen LogP contribution in [0, 0.1) is 0 Å². The second-order valence-electron chi connectivity index (χ2n) is 4.30. The molecule has 0 fully saturated rings. The third kappa shape index (κ3) is 4.34. The van der Waals surface area contributed by atoms with Crippen molar-refractivity contribution >= 4 is 50.8 Å². The van der Waals surface area contributed by atoms with E-state index in [9.17, 15) is 4.79 Å². The first-order chi connectivity index (χ1) is 9.58. The van der Waals surface area contributed by atoms with Crippen LogP contribution in [0.15, 0.2) is 22.5 Å². The predicted molar refractivity (Wildman–Crippen MR) is 84.8 cm³/mol. The van der Waals surface area contributed by atoms with E-state index >= 15 is 0 Å². The zero-order valence-electron chi connectivity index (χ0n) is 11.2. The highest BCUT2D eigenvalue weighted by atomic mass is 35.5. The van der Waals surface area contributed by atoms with Crippen LogP contribution in [0.5, 0.6) is 0 Å². The Kier molecular flexibility index (Phi) is 5.65. The number of nitrogens with one attached hydrogen (secondary N) is 1. The molecule has 7 heteroatoms. The maximum atomic E-state index is 11.7. The number of fused-ring (bicyclic) bond motifs is 1. The van der Waals surface area contributed by atoms with Crippen molar-refractivity contribution in [3.8, 4) is 0 Å². The van der Waals surface area contributed by atoms with Gasteiger partial charge in [0.25, 0.3) is 0 Å². The molecule has 0 aliphatic rings. The first-order valence-corrected chi connectivity index (χ1v) is 8.23.